The SMILES string of the molecule is Cc1cc(=O)n2[nH]c([C@@H]3CCCN3C(=O)c3cncc(O)c3)cc2n1. The molecule has 0 bridgehead atoms. The summed E-state index contributed by atoms with van der Waals surface area (Å²) in [6.07, 6.45) is 4.38. The quantitative estimate of drug-likeness (QED) is 0.735. The minimum atomic E-state index is -0.193. The molecule has 3 aromatic rings. The van der Waals surface area contributed by atoms with Gasteiger partial charge in [-0.3, -0.25) is 19.7 Å². The molecule has 1 aliphatic rings. The normalized spacial score (nSPS) is 17.3. The Morgan fingerprint density at radius 3 is 2.96 bits per heavy atom. The van der Waals surface area contributed by atoms with Crippen LogP contribution in [-0.2, 0) is 0 Å². The number of hydrogen-bond acceptors (Lipinski definition) is 5. The second-order valence-electron chi connectivity index (χ2n) is 6.23. The summed E-state index contributed by atoms with van der Waals surface area (Å²) in [5, 5.41) is 12.6. The predicted molar refractivity (Wildman–Crippen MR) is 89.5 cm³/mol. The highest BCUT2D eigenvalue weighted by molar-refractivity contribution is 5.94. The van der Waals surface area contributed by atoms with E-state index in [-0.39, 0.29) is 23.3 Å². The average molecular weight is 339 g/mol. The van der Waals surface area contributed by atoms with E-state index in [1.165, 1.54) is 29.0 Å². The second-order valence-corrected chi connectivity index (χ2v) is 6.23. The lowest BCUT2D eigenvalue weighted by Gasteiger charge is -2.23. The number of carbonyl (C=O) groups excluding carboxylic acids is 1. The van der Waals surface area contributed by atoms with Crippen LogP contribution in [0.1, 0.15) is 40.6 Å². The molecule has 1 amide bonds. The van der Waals surface area contributed by atoms with Gasteiger partial charge in [0.2, 0.25) is 0 Å². The third-order valence-corrected chi connectivity index (χ3v) is 4.44. The number of amides is 1. The summed E-state index contributed by atoms with van der Waals surface area (Å²) >= 11 is 0. The molecule has 0 unspecified atom stereocenters. The fraction of sp³-hybridized carbons (Fsp3) is 0.294. The van der Waals surface area contributed by atoms with Crippen LogP contribution in [0.3, 0.4) is 0 Å². The van der Waals surface area contributed by atoms with Crippen LogP contribution < -0.4 is 5.56 Å². The number of aryl methyl sites for hydroxylation is 1. The zero-order valence-electron chi connectivity index (χ0n) is 13.6. The maximum absolute atomic E-state index is 12.8. The lowest BCUT2D eigenvalue weighted by molar-refractivity contribution is 0.0732. The summed E-state index contributed by atoms with van der Waals surface area (Å²) in [6, 6.07) is 4.51. The number of rotatable bonds is 2. The maximum Gasteiger partial charge on any atom is 0.272 e. The first kappa shape index (κ1) is 15.4. The van der Waals surface area contributed by atoms with E-state index in [1.807, 2.05) is 6.07 Å². The number of hydrogen-bond donors (Lipinski definition) is 2. The Morgan fingerprint density at radius 1 is 1.32 bits per heavy atom. The molecule has 3 aromatic heterocycles. The number of nitrogens with one attached hydrogen (secondary N) is 1. The Balaban J connectivity index is 1.71. The van der Waals surface area contributed by atoms with Gasteiger partial charge in [-0.25, -0.2) is 9.50 Å². The Kier molecular flexibility index (Phi) is 3.52. The van der Waals surface area contributed by atoms with E-state index in [9.17, 15) is 14.7 Å². The van der Waals surface area contributed by atoms with Gasteiger partial charge in [0.15, 0.2) is 5.65 Å². The standard InChI is InChI=1S/C17H17N5O3/c1-10-5-16(24)22-15(19-10)7-13(20-22)14-3-2-4-21(14)17(25)11-6-12(23)9-18-8-11/h5-9,14,20,23H,2-4H2,1H3/t14-/m0/s1. The number of aromatic hydroxyl groups is 1. The minimum Gasteiger partial charge on any atom is -0.506 e. The topological polar surface area (TPSA) is 104 Å². The summed E-state index contributed by atoms with van der Waals surface area (Å²) in [5.41, 5.74) is 2.13. The van der Waals surface area contributed by atoms with Crippen LogP contribution in [0.5, 0.6) is 5.75 Å². The number of H-pyrrole nitrogens is 1. The van der Waals surface area contributed by atoms with Gasteiger partial charge >= 0.3 is 0 Å². The maximum atomic E-state index is 12.8. The third kappa shape index (κ3) is 2.65. The number of likely N-dealkylation sites (tertiary alicyclic amines) is 1. The van der Waals surface area contributed by atoms with Crippen molar-refractivity contribution in [3.8, 4) is 5.75 Å². The van der Waals surface area contributed by atoms with Gasteiger partial charge in [0.25, 0.3) is 11.5 Å². The first-order chi connectivity index (χ1) is 12.0. The van der Waals surface area contributed by atoms with Crippen LogP contribution in [0.2, 0.25) is 0 Å². The van der Waals surface area contributed by atoms with Gasteiger partial charge < -0.3 is 10.0 Å². The van der Waals surface area contributed by atoms with Crippen molar-refractivity contribution in [2.45, 2.75) is 25.8 Å². The highest BCUT2D eigenvalue weighted by atomic mass is 16.3. The molecule has 4 heterocycles. The minimum absolute atomic E-state index is 0.0431. The second kappa shape index (κ2) is 5.73. The van der Waals surface area contributed by atoms with Crippen LogP contribution in [0.15, 0.2) is 35.4 Å². The van der Waals surface area contributed by atoms with Crippen molar-refractivity contribution in [1.29, 1.82) is 0 Å². The fourth-order valence-corrected chi connectivity index (χ4v) is 3.34. The molecule has 1 fully saturated rings. The first-order valence-electron chi connectivity index (χ1n) is 8.07. The van der Waals surface area contributed by atoms with Crippen LogP contribution >= 0.6 is 0 Å². The van der Waals surface area contributed by atoms with E-state index in [4.69, 9.17) is 0 Å². The molecule has 128 valence electrons. The number of aromatic nitrogens is 4. The van der Waals surface area contributed by atoms with E-state index < -0.39 is 0 Å². The molecular weight excluding hydrogens is 322 g/mol. The van der Waals surface area contributed by atoms with Gasteiger partial charge in [0.1, 0.15) is 5.75 Å². The highest BCUT2D eigenvalue weighted by Gasteiger charge is 2.32. The number of carbonyl (C=O) groups is 1. The molecule has 1 atom stereocenters. The van der Waals surface area contributed by atoms with Crippen LogP contribution in [0, 0.1) is 6.92 Å². The number of pyridine rings is 1. The number of fused-ring (bicyclic) bond motifs is 1. The van der Waals surface area contributed by atoms with Crippen molar-refractivity contribution in [3.05, 3.63) is 57.9 Å². The Labute approximate surface area is 142 Å². The molecule has 25 heavy (non-hydrogen) atoms. The summed E-state index contributed by atoms with van der Waals surface area (Å²) < 4.78 is 1.39. The van der Waals surface area contributed by atoms with Crippen LogP contribution in [-0.4, -0.2) is 42.0 Å². The largest absolute Gasteiger partial charge is 0.506 e. The molecule has 1 saturated heterocycles. The van der Waals surface area contributed by atoms with Crippen molar-refractivity contribution in [3.63, 3.8) is 0 Å². The molecule has 8 nitrogen and oxygen atoms in total. The van der Waals surface area contributed by atoms with E-state index in [0.29, 0.717) is 23.4 Å². The summed E-state index contributed by atoms with van der Waals surface area (Å²) in [6.45, 7) is 2.38. The molecule has 0 saturated carbocycles. The summed E-state index contributed by atoms with van der Waals surface area (Å²) in [7, 11) is 0. The van der Waals surface area contributed by atoms with Gasteiger partial charge in [-0.1, -0.05) is 0 Å². The molecule has 1 aliphatic heterocycles. The molecule has 0 spiro atoms. The predicted octanol–water partition coefficient (Wildman–Crippen LogP) is 1.41. The Bertz CT molecular complexity index is 1020. The smallest absolute Gasteiger partial charge is 0.272 e. The van der Waals surface area contributed by atoms with Crippen LogP contribution in [0.4, 0.5) is 0 Å². The van der Waals surface area contributed by atoms with E-state index in [0.717, 1.165) is 18.5 Å². The van der Waals surface area contributed by atoms with E-state index in [1.54, 1.807) is 11.8 Å². The Morgan fingerprint density at radius 2 is 2.16 bits per heavy atom. The molecule has 0 aliphatic carbocycles. The van der Waals surface area contributed by atoms with E-state index >= 15 is 0 Å². The Hall–Kier alpha value is -3.16. The molecular formula is C17H17N5O3. The molecule has 0 radical (unpaired) electrons. The average Bonchev–Trinajstić information content (AvgIpc) is 3.20. The van der Waals surface area contributed by atoms with Gasteiger partial charge in [-0.05, 0) is 25.8 Å². The van der Waals surface area contributed by atoms with Crippen molar-refractivity contribution < 1.29 is 9.90 Å². The lowest BCUT2D eigenvalue weighted by atomic mass is 10.1. The molecule has 4 rings (SSSR count). The summed E-state index contributed by atoms with van der Waals surface area (Å²) in [5.74, 6) is -0.237. The zero-order chi connectivity index (χ0) is 17.6. The van der Waals surface area contributed by atoms with Gasteiger partial charge in [-0.15, -0.1) is 0 Å². The lowest BCUT2D eigenvalue weighted by Crippen LogP contribution is -2.31. The van der Waals surface area contributed by atoms with Gasteiger partial charge in [-0.2, -0.15) is 0 Å². The van der Waals surface area contributed by atoms with Crippen LogP contribution in [0.25, 0.3) is 5.65 Å². The zero-order valence-corrected chi connectivity index (χ0v) is 13.6. The molecule has 0 aromatic carbocycles. The van der Waals surface area contributed by atoms with Crippen molar-refractivity contribution >= 4 is 11.6 Å². The van der Waals surface area contributed by atoms with Crippen molar-refractivity contribution in [2.24, 2.45) is 0 Å². The first-order valence-corrected chi connectivity index (χ1v) is 8.07. The van der Waals surface area contributed by atoms with E-state index in [2.05, 4.69) is 15.1 Å². The fourth-order valence-electron chi connectivity index (χ4n) is 3.34. The van der Waals surface area contributed by atoms with Gasteiger partial charge in [0.05, 0.1) is 23.5 Å². The summed E-state index contributed by atoms with van der Waals surface area (Å²) in [4.78, 5) is 34.8. The van der Waals surface area contributed by atoms with Crippen molar-refractivity contribution in [2.75, 3.05) is 6.54 Å². The number of nitrogens with zero attached hydrogens (tertiary/aromatic N) is 4. The van der Waals surface area contributed by atoms with Gasteiger partial charge in [0, 0.05) is 30.6 Å². The van der Waals surface area contributed by atoms with Crippen molar-refractivity contribution in [1.82, 2.24) is 24.5 Å². The third-order valence-electron chi connectivity index (χ3n) is 4.44. The number of aromatic amines is 1. The molecule has 2 N–H and O–H groups in total. The monoisotopic (exact) mass is 339 g/mol. The molecule has 8 heteroatoms. The highest BCUT2D eigenvalue weighted by Crippen LogP contribution is 2.32.